The second kappa shape index (κ2) is 5.77. The van der Waals surface area contributed by atoms with Crippen LogP contribution in [0.2, 0.25) is 5.02 Å². The highest BCUT2D eigenvalue weighted by Crippen LogP contribution is 2.31. The molecule has 2 rings (SSSR count). The minimum Gasteiger partial charge on any atom is -0.494 e. The fourth-order valence-corrected chi connectivity index (χ4v) is 2.24. The number of halogens is 3. The van der Waals surface area contributed by atoms with Gasteiger partial charge < -0.3 is 10.5 Å². The van der Waals surface area contributed by atoms with Gasteiger partial charge >= 0.3 is 0 Å². The van der Waals surface area contributed by atoms with Gasteiger partial charge in [0.05, 0.1) is 13.2 Å². The lowest BCUT2D eigenvalue weighted by Crippen LogP contribution is -2.13. The summed E-state index contributed by atoms with van der Waals surface area (Å²) in [5.41, 5.74) is 7.80. The van der Waals surface area contributed by atoms with Gasteiger partial charge in [0.25, 0.3) is 0 Å². The summed E-state index contributed by atoms with van der Waals surface area (Å²) in [6.07, 6.45) is 0. The van der Waals surface area contributed by atoms with Gasteiger partial charge in [-0.25, -0.2) is 8.78 Å². The fraction of sp³-hybridized carbons (Fsp3) is 0.200. The second-order valence-corrected chi connectivity index (χ2v) is 4.90. The molecule has 2 aromatic carbocycles. The molecule has 0 aliphatic rings. The zero-order valence-corrected chi connectivity index (χ0v) is 11.8. The molecule has 20 heavy (non-hydrogen) atoms. The van der Waals surface area contributed by atoms with Crippen molar-refractivity contribution in [1.29, 1.82) is 0 Å². The Morgan fingerprint density at radius 1 is 1.15 bits per heavy atom. The van der Waals surface area contributed by atoms with Crippen LogP contribution >= 0.6 is 11.6 Å². The number of methoxy groups -OCH3 is 1. The largest absolute Gasteiger partial charge is 0.494 e. The van der Waals surface area contributed by atoms with E-state index >= 15 is 0 Å². The van der Waals surface area contributed by atoms with Crippen molar-refractivity contribution in [3.63, 3.8) is 0 Å². The number of ether oxygens (including phenoxy) is 1. The predicted octanol–water partition coefficient (Wildman–Crippen LogP) is 3.98. The first-order valence-corrected chi connectivity index (χ1v) is 6.36. The quantitative estimate of drug-likeness (QED) is 0.930. The summed E-state index contributed by atoms with van der Waals surface area (Å²) >= 11 is 6.03. The zero-order valence-electron chi connectivity index (χ0n) is 11.1. The minimum atomic E-state index is -0.587. The van der Waals surface area contributed by atoms with E-state index in [1.807, 2.05) is 0 Å². The zero-order chi connectivity index (χ0) is 14.9. The van der Waals surface area contributed by atoms with Crippen LogP contribution in [0.4, 0.5) is 8.78 Å². The Bertz CT molecular complexity index is 646. The van der Waals surface area contributed by atoms with E-state index < -0.39 is 11.9 Å². The van der Waals surface area contributed by atoms with Gasteiger partial charge in [-0.15, -0.1) is 0 Å². The number of aryl methyl sites for hydroxylation is 1. The highest BCUT2D eigenvalue weighted by atomic mass is 35.5. The maximum Gasteiger partial charge on any atom is 0.165 e. The maximum atomic E-state index is 13.4. The Balaban J connectivity index is 2.46. The molecule has 0 aliphatic heterocycles. The van der Waals surface area contributed by atoms with Gasteiger partial charge in [0.1, 0.15) is 5.82 Å². The van der Waals surface area contributed by atoms with Gasteiger partial charge in [0.2, 0.25) is 0 Å². The molecule has 2 aromatic rings. The summed E-state index contributed by atoms with van der Waals surface area (Å²) in [6, 6.07) is 6.58. The molecule has 0 heterocycles. The van der Waals surface area contributed by atoms with Crippen LogP contribution in [0.25, 0.3) is 0 Å². The highest BCUT2D eigenvalue weighted by molar-refractivity contribution is 6.31. The first-order chi connectivity index (χ1) is 9.43. The van der Waals surface area contributed by atoms with Gasteiger partial charge in [-0.3, -0.25) is 0 Å². The molecular weight excluding hydrogens is 284 g/mol. The standard InChI is InChI=1S/C15H14ClF2NO/c1-8-5-10(11(16)7-13(8)18)15(19)9-3-4-12(17)14(6-9)20-2/h3-7,15H,19H2,1-2H3. The average Bonchev–Trinajstić information content (AvgIpc) is 2.42. The van der Waals surface area contributed by atoms with Crippen molar-refractivity contribution < 1.29 is 13.5 Å². The molecule has 0 saturated heterocycles. The van der Waals surface area contributed by atoms with Gasteiger partial charge in [0.15, 0.2) is 11.6 Å². The minimum absolute atomic E-state index is 0.105. The Labute approximate surface area is 121 Å². The van der Waals surface area contributed by atoms with Crippen LogP contribution in [0.15, 0.2) is 30.3 Å². The summed E-state index contributed by atoms with van der Waals surface area (Å²) in [6.45, 7) is 1.63. The average molecular weight is 298 g/mol. The molecule has 0 aliphatic carbocycles. The van der Waals surface area contributed by atoms with Crippen LogP contribution in [0.5, 0.6) is 5.75 Å². The lowest BCUT2D eigenvalue weighted by atomic mass is 9.97. The van der Waals surface area contributed by atoms with E-state index in [9.17, 15) is 8.78 Å². The molecule has 0 bridgehead atoms. The van der Waals surface area contributed by atoms with Gasteiger partial charge in [0, 0.05) is 5.02 Å². The van der Waals surface area contributed by atoms with E-state index in [0.717, 1.165) is 0 Å². The van der Waals surface area contributed by atoms with Crippen LogP contribution in [-0.2, 0) is 0 Å². The third kappa shape index (κ3) is 2.76. The lowest BCUT2D eigenvalue weighted by molar-refractivity contribution is 0.385. The molecule has 0 aromatic heterocycles. The Hall–Kier alpha value is -1.65. The maximum absolute atomic E-state index is 13.4. The summed E-state index contributed by atoms with van der Waals surface area (Å²) in [4.78, 5) is 0. The first-order valence-electron chi connectivity index (χ1n) is 5.98. The molecule has 0 spiro atoms. The molecule has 5 heteroatoms. The van der Waals surface area contributed by atoms with Crippen molar-refractivity contribution in [2.75, 3.05) is 7.11 Å². The topological polar surface area (TPSA) is 35.2 Å². The Morgan fingerprint density at radius 3 is 2.50 bits per heavy atom. The molecule has 0 saturated carbocycles. The number of hydrogen-bond acceptors (Lipinski definition) is 2. The molecule has 1 atom stereocenters. The molecule has 106 valence electrons. The van der Waals surface area contributed by atoms with E-state index in [-0.39, 0.29) is 16.6 Å². The summed E-state index contributed by atoms with van der Waals surface area (Å²) in [7, 11) is 1.38. The number of hydrogen-bond donors (Lipinski definition) is 1. The van der Waals surface area contributed by atoms with Gasteiger partial charge in [-0.1, -0.05) is 17.7 Å². The summed E-state index contributed by atoms with van der Waals surface area (Å²) in [5.74, 6) is -0.750. The van der Waals surface area contributed by atoms with Gasteiger partial charge in [-0.05, 0) is 47.9 Å². The smallest absolute Gasteiger partial charge is 0.165 e. The van der Waals surface area contributed by atoms with E-state index in [1.165, 1.54) is 25.3 Å². The van der Waals surface area contributed by atoms with Gasteiger partial charge in [-0.2, -0.15) is 0 Å². The highest BCUT2D eigenvalue weighted by Gasteiger charge is 2.16. The first kappa shape index (κ1) is 14.8. The number of nitrogens with two attached hydrogens (primary N) is 1. The molecule has 1 unspecified atom stereocenters. The van der Waals surface area contributed by atoms with Crippen LogP contribution in [0.1, 0.15) is 22.7 Å². The fourth-order valence-electron chi connectivity index (χ4n) is 1.97. The second-order valence-electron chi connectivity index (χ2n) is 4.49. The summed E-state index contributed by atoms with van der Waals surface area (Å²) in [5, 5.41) is 0.240. The Morgan fingerprint density at radius 2 is 1.85 bits per heavy atom. The third-order valence-electron chi connectivity index (χ3n) is 3.15. The van der Waals surface area contributed by atoms with Crippen LogP contribution in [0.3, 0.4) is 0 Å². The van der Waals surface area contributed by atoms with Crippen molar-refractivity contribution in [3.8, 4) is 5.75 Å². The number of rotatable bonds is 3. The molecule has 0 fully saturated rings. The molecule has 2 nitrogen and oxygen atoms in total. The molecule has 0 radical (unpaired) electrons. The lowest BCUT2D eigenvalue weighted by Gasteiger charge is -2.16. The van der Waals surface area contributed by atoms with Crippen LogP contribution in [-0.4, -0.2) is 7.11 Å². The Kier molecular flexibility index (Phi) is 4.26. The van der Waals surface area contributed by atoms with Crippen molar-refractivity contribution in [2.24, 2.45) is 5.73 Å². The van der Waals surface area contributed by atoms with E-state index in [2.05, 4.69) is 0 Å². The van der Waals surface area contributed by atoms with Crippen molar-refractivity contribution in [2.45, 2.75) is 13.0 Å². The SMILES string of the molecule is COc1cc(C(N)c2cc(C)c(F)cc2Cl)ccc1F. The van der Waals surface area contributed by atoms with Crippen LogP contribution < -0.4 is 10.5 Å². The van der Waals surface area contributed by atoms with E-state index in [4.69, 9.17) is 22.1 Å². The summed E-state index contributed by atoms with van der Waals surface area (Å²) < 4.78 is 31.7. The van der Waals surface area contributed by atoms with Crippen molar-refractivity contribution in [1.82, 2.24) is 0 Å². The number of benzene rings is 2. The van der Waals surface area contributed by atoms with E-state index in [0.29, 0.717) is 16.7 Å². The molecule has 0 amide bonds. The third-order valence-corrected chi connectivity index (χ3v) is 3.47. The van der Waals surface area contributed by atoms with Crippen molar-refractivity contribution >= 4 is 11.6 Å². The molecular formula is C15H14ClF2NO. The molecule has 2 N–H and O–H groups in total. The van der Waals surface area contributed by atoms with Crippen molar-refractivity contribution in [3.05, 3.63) is 63.7 Å². The van der Waals surface area contributed by atoms with Crippen LogP contribution in [0, 0.1) is 18.6 Å². The normalized spacial score (nSPS) is 12.3. The predicted molar refractivity (Wildman–Crippen MR) is 75.1 cm³/mol. The monoisotopic (exact) mass is 297 g/mol. The van der Waals surface area contributed by atoms with E-state index in [1.54, 1.807) is 19.1 Å².